The normalized spacial score (nSPS) is 11.8. The van der Waals surface area contributed by atoms with E-state index in [1.807, 2.05) is 68.4 Å². The molecule has 6 nitrogen and oxygen atoms in total. The molecule has 0 aliphatic carbocycles. The summed E-state index contributed by atoms with van der Waals surface area (Å²) in [6.07, 6.45) is 2.44. The molecule has 162 valence electrons. The van der Waals surface area contributed by atoms with Crippen molar-refractivity contribution in [1.82, 2.24) is 9.38 Å². The highest BCUT2D eigenvalue weighted by molar-refractivity contribution is 5.97. The quantitative estimate of drug-likeness (QED) is 0.463. The van der Waals surface area contributed by atoms with E-state index in [-0.39, 0.29) is 24.0 Å². The molecular weight excluding hydrogens is 402 g/mol. The van der Waals surface area contributed by atoms with Crippen LogP contribution in [0, 0.1) is 6.92 Å². The number of amides is 1. The lowest BCUT2D eigenvalue weighted by molar-refractivity contribution is -0.117. The molecule has 0 bridgehead atoms. The van der Waals surface area contributed by atoms with Crippen LogP contribution in [0.5, 0.6) is 5.75 Å². The van der Waals surface area contributed by atoms with Crippen LogP contribution >= 0.6 is 0 Å². The number of aryl methyl sites for hydroxylation is 1. The lowest BCUT2D eigenvalue weighted by Crippen LogP contribution is -2.21. The number of hydrogen-bond acceptors (Lipinski definition) is 4. The molecule has 0 fully saturated rings. The maximum atomic E-state index is 13.0. The van der Waals surface area contributed by atoms with E-state index in [9.17, 15) is 9.59 Å². The van der Waals surface area contributed by atoms with E-state index in [2.05, 4.69) is 10.3 Å². The Balaban J connectivity index is 1.52. The molecule has 32 heavy (non-hydrogen) atoms. The summed E-state index contributed by atoms with van der Waals surface area (Å²) in [5.74, 6) is 0.178. The Hall–Kier alpha value is -3.93. The summed E-state index contributed by atoms with van der Waals surface area (Å²) in [7, 11) is 0. The van der Waals surface area contributed by atoms with E-state index < -0.39 is 0 Å². The van der Waals surface area contributed by atoms with Crippen LogP contribution in [0.15, 0.2) is 83.8 Å². The number of hydrogen-bond donors (Lipinski definition) is 1. The zero-order chi connectivity index (χ0) is 22.5. The second-order valence-electron chi connectivity index (χ2n) is 7.67. The second-order valence-corrected chi connectivity index (χ2v) is 7.67. The largest absolute Gasteiger partial charge is 0.485 e. The number of anilines is 1. The third-order valence-corrected chi connectivity index (χ3v) is 5.31. The summed E-state index contributed by atoms with van der Waals surface area (Å²) >= 11 is 0. The lowest BCUT2D eigenvalue weighted by Gasteiger charge is -2.17. The number of benzene rings is 2. The molecule has 0 spiro atoms. The first-order valence-electron chi connectivity index (χ1n) is 10.6. The fraction of sp³-hybridized carbons (Fsp3) is 0.192. The number of fused-ring (bicyclic) bond motifs is 1. The maximum Gasteiger partial charge on any atom is 0.258 e. The number of para-hydroxylation sites is 2. The van der Waals surface area contributed by atoms with Crippen molar-refractivity contribution in [3.63, 3.8) is 0 Å². The first kappa shape index (κ1) is 21.3. The molecule has 1 amide bonds. The highest BCUT2D eigenvalue weighted by Gasteiger charge is 2.19. The van der Waals surface area contributed by atoms with Crippen LogP contribution in [0.1, 0.15) is 36.1 Å². The minimum absolute atomic E-state index is 0.0906. The molecule has 2 aromatic heterocycles. The average molecular weight is 428 g/mol. The predicted octanol–water partition coefficient (Wildman–Crippen LogP) is 4.71. The van der Waals surface area contributed by atoms with Gasteiger partial charge in [-0.1, -0.05) is 55.5 Å². The Morgan fingerprint density at radius 3 is 2.59 bits per heavy atom. The van der Waals surface area contributed by atoms with Gasteiger partial charge in [-0.2, -0.15) is 0 Å². The van der Waals surface area contributed by atoms with Crippen molar-refractivity contribution in [3.05, 3.63) is 106 Å². The van der Waals surface area contributed by atoms with Gasteiger partial charge in [0.25, 0.3) is 5.56 Å². The zero-order valence-electron chi connectivity index (χ0n) is 18.1. The number of carbonyl (C=O) groups excluding carboxylic acids is 1. The number of carbonyl (C=O) groups is 1. The van der Waals surface area contributed by atoms with Gasteiger partial charge in [-0.3, -0.25) is 14.0 Å². The molecule has 4 rings (SSSR count). The van der Waals surface area contributed by atoms with Gasteiger partial charge in [0.2, 0.25) is 5.91 Å². The Labute approximate surface area is 186 Å². The van der Waals surface area contributed by atoms with Gasteiger partial charge in [0.1, 0.15) is 18.0 Å². The Morgan fingerprint density at radius 2 is 1.81 bits per heavy atom. The van der Waals surface area contributed by atoms with Crippen LogP contribution in [0.4, 0.5) is 5.69 Å². The van der Waals surface area contributed by atoms with Crippen LogP contribution in [0.2, 0.25) is 0 Å². The van der Waals surface area contributed by atoms with Crippen molar-refractivity contribution >= 4 is 17.2 Å². The van der Waals surface area contributed by atoms with E-state index in [4.69, 9.17) is 4.74 Å². The monoisotopic (exact) mass is 427 g/mol. The van der Waals surface area contributed by atoms with Gasteiger partial charge in [-0.25, -0.2) is 4.98 Å². The fourth-order valence-electron chi connectivity index (χ4n) is 3.66. The van der Waals surface area contributed by atoms with Gasteiger partial charge in [0.05, 0.1) is 17.3 Å². The second kappa shape index (κ2) is 9.47. The van der Waals surface area contributed by atoms with Gasteiger partial charge in [0, 0.05) is 12.3 Å². The molecule has 0 saturated heterocycles. The molecule has 2 heterocycles. The summed E-state index contributed by atoms with van der Waals surface area (Å²) in [6.45, 7) is 4.03. The van der Waals surface area contributed by atoms with E-state index >= 15 is 0 Å². The number of rotatable bonds is 7. The molecule has 2 aromatic carbocycles. The molecule has 1 atom stereocenters. The summed E-state index contributed by atoms with van der Waals surface area (Å²) in [5, 5.41) is 2.99. The number of aromatic nitrogens is 2. The summed E-state index contributed by atoms with van der Waals surface area (Å²) in [6, 6.07) is 22.2. The third kappa shape index (κ3) is 4.70. The predicted molar refractivity (Wildman–Crippen MR) is 125 cm³/mol. The minimum atomic E-state index is -0.255. The molecule has 1 unspecified atom stereocenters. The zero-order valence-corrected chi connectivity index (χ0v) is 18.1. The van der Waals surface area contributed by atoms with Crippen LogP contribution in [-0.4, -0.2) is 15.3 Å². The molecule has 0 aliphatic heterocycles. The van der Waals surface area contributed by atoms with Crippen molar-refractivity contribution in [2.75, 3.05) is 5.32 Å². The van der Waals surface area contributed by atoms with Crippen molar-refractivity contribution in [1.29, 1.82) is 0 Å². The Kier molecular flexibility index (Phi) is 6.31. The molecular formula is C26H25N3O3. The molecule has 4 aromatic rings. The van der Waals surface area contributed by atoms with Crippen molar-refractivity contribution in [3.8, 4) is 5.75 Å². The van der Waals surface area contributed by atoms with Gasteiger partial charge in [0.15, 0.2) is 0 Å². The van der Waals surface area contributed by atoms with Crippen molar-refractivity contribution < 1.29 is 9.53 Å². The van der Waals surface area contributed by atoms with Gasteiger partial charge < -0.3 is 10.1 Å². The molecule has 6 heteroatoms. The van der Waals surface area contributed by atoms with Crippen LogP contribution < -0.4 is 15.6 Å². The Bertz CT molecular complexity index is 1300. The summed E-state index contributed by atoms with van der Waals surface area (Å²) in [4.78, 5) is 29.9. The van der Waals surface area contributed by atoms with Gasteiger partial charge in [-0.15, -0.1) is 0 Å². The molecule has 0 aliphatic rings. The summed E-state index contributed by atoms with van der Waals surface area (Å²) in [5.41, 5.74) is 3.47. The van der Waals surface area contributed by atoms with Crippen LogP contribution in [-0.2, 0) is 11.4 Å². The Morgan fingerprint density at radius 1 is 1.06 bits per heavy atom. The van der Waals surface area contributed by atoms with E-state index in [0.717, 1.165) is 11.1 Å². The lowest BCUT2D eigenvalue weighted by atomic mass is 9.95. The smallest absolute Gasteiger partial charge is 0.258 e. The van der Waals surface area contributed by atoms with E-state index in [0.29, 0.717) is 29.2 Å². The number of ether oxygens (including phenoxy) is 1. The topological polar surface area (TPSA) is 72.7 Å². The van der Waals surface area contributed by atoms with Crippen molar-refractivity contribution in [2.45, 2.75) is 32.8 Å². The highest BCUT2D eigenvalue weighted by atomic mass is 16.5. The van der Waals surface area contributed by atoms with E-state index in [1.54, 1.807) is 18.3 Å². The highest BCUT2D eigenvalue weighted by Crippen LogP contribution is 2.27. The van der Waals surface area contributed by atoms with Gasteiger partial charge >= 0.3 is 0 Å². The number of nitrogens with zero attached hydrogens (tertiary/aromatic N) is 2. The minimum Gasteiger partial charge on any atom is -0.485 e. The van der Waals surface area contributed by atoms with Gasteiger partial charge in [-0.05, 0) is 42.7 Å². The van der Waals surface area contributed by atoms with E-state index in [1.165, 1.54) is 10.5 Å². The third-order valence-electron chi connectivity index (χ3n) is 5.31. The fourth-order valence-corrected chi connectivity index (χ4v) is 3.66. The van der Waals surface area contributed by atoms with Crippen LogP contribution in [0.25, 0.3) is 5.65 Å². The van der Waals surface area contributed by atoms with Crippen LogP contribution in [0.3, 0.4) is 0 Å². The molecule has 0 saturated carbocycles. The van der Waals surface area contributed by atoms with Crippen molar-refractivity contribution in [2.24, 2.45) is 0 Å². The molecule has 0 radical (unpaired) electrons. The summed E-state index contributed by atoms with van der Waals surface area (Å²) < 4.78 is 7.46. The first-order valence-corrected chi connectivity index (χ1v) is 10.6. The maximum absolute atomic E-state index is 13.0. The standard InChI is InChI=1S/C26H25N3O3/c1-3-21(19-9-5-4-6-10-19)26(31)28-22-11-7-8-12-23(22)32-17-20-15-25(30)29-16-18(2)13-14-24(29)27-20/h4-16,21H,3,17H2,1-2H3,(H,28,31). The first-order chi connectivity index (χ1) is 15.5. The SMILES string of the molecule is CCC(C(=O)Nc1ccccc1OCc1cc(=O)n2cc(C)ccc2n1)c1ccccc1. The number of nitrogens with one attached hydrogen (secondary N) is 1. The molecule has 1 N–H and O–H groups in total. The average Bonchev–Trinajstić information content (AvgIpc) is 2.80. The number of pyridine rings is 1.